The fraction of sp³-hybridized carbons (Fsp3) is 1.00. The molecule has 0 aromatic heterocycles. The smallest absolute Gasteiger partial charge is 0.194 e. The third-order valence-corrected chi connectivity index (χ3v) is 2.56. The molecule has 1 aliphatic heterocycles. The maximum absolute atomic E-state index is 9.68. The first-order valence-electron chi connectivity index (χ1n) is 4.51. The number of rotatable bonds is 2. The third kappa shape index (κ3) is 1.77. The largest absolute Gasteiger partial charge is 0.394 e. The first-order chi connectivity index (χ1) is 6.46. The van der Waals surface area contributed by atoms with Crippen LogP contribution >= 0.6 is 0 Å². The van der Waals surface area contributed by atoms with Gasteiger partial charge in [-0.3, -0.25) is 0 Å². The molecule has 0 radical (unpaired) electrons. The molecule has 0 aromatic rings. The molecule has 0 bridgehead atoms. The summed E-state index contributed by atoms with van der Waals surface area (Å²) in [4.78, 5) is 0. The molecule has 0 aliphatic carbocycles. The zero-order chi connectivity index (χ0) is 10.9. The Balaban J connectivity index is 2.84. The average molecular weight is 208 g/mol. The zero-order valence-corrected chi connectivity index (χ0v) is 7.87. The summed E-state index contributed by atoms with van der Waals surface area (Å²) in [7, 11) is 0. The van der Waals surface area contributed by atoms with Crippen molar-refractivity contribution in [2.75, 3.05) is 6.61 Å². The highest BCUT2D eigenvalue weighted by Crippen LogP contribution is 2.30. The van der Waals surface area contributed by atoms with Crippen molar-refractivity contribution in [3.05, 3.63) is 0 Å². The van der Waals surface area contributed by atoms with Crippen LogP contribution in [0, 0.1) is 0 Å². The van der Waals surface area contributed by atoms with Gasteiger partial charge < -0.3 is 30.3 Å². The van der Waals surface area contributed by atoms with Crippen LogP contribution in [0.3, 0.4) is 0 Å². The summed E-state index contributed by atoms with van der Waals surface area (Å²) in [6.07, 6.45) is -5.54. The van der Waals surface area contributed by atoms with Gasteiger partial charge in [0.2, 0.25) is 0 Å². The van der Waals surface area contributed by atoms with Crippen molar-refractivity contribution in [3.63, 3.8) is 0 Å². The van der Waals surface area contributed by atoms with E-state index < -0.39 is 36.8 Å². The number of ether oxygens (including phenoxy) is 1. The monoisotopic (exact) mass is 208 g/mol. The van der Waals surface area contributed by atoms with E-state index in [1.54, 1.807) is 6.92 Å². The first-order valence-corrected chi connectivity index (χ1v) is 4.51. The lowest BCUT2D eigenvalue weighted by atomic mass is 9.91. The second-order valence-electron chi connectivity index (χ2n) is 3.46. The first kappa shape index (κ1) is 11.8. The van der Waals surface area contributed by atoms with Crippen LogP contribution in [-0.4, -0.2) is 62.3 Å². The molecule has 5 atom stereocenters. The van der Waals surface area contributed by atoms with Crippen LogP contribution in [0.25, 0.3) is 0 Å². The highest BCUT2D eigenvalue weighted by Gasteiger charge is 2.51. The van der Waals surface area contributed by atoms with Crippen LogP contribution < -0.4 is 0 Å². The van der Waals surface area contributed by atoms with Crippen LogP contribution in [0.5, 0.6) is 0 Å². The van der Waals surface area contributed by atoms with Gasteiger partial charge in [0.05, 0.1) is 6.61 Å². The fourth-order valence-corrected chi connectivity index (χ4v) is 1.51. The van der Waals surface area contributed by atoms with Crippen molar-refractivity contribution < 1.29 is 30.3 Å². The molecule has 5 N–H and O–H groups in total. The molecule has 84 valence electrons. The molecule has 1 fully saturated rings. The molecule has 0 unspecified atom stereocenters. The molecular formula is C8H16O6. The van der Waals surface area contributed by atoms with E-state index in [1.807, 2.05) is 0 Å². The number of hydrogen-bond acceptors (Lipinski definition) is 6. The lowest BCUT2D eigenvalue weighted by Crippen LogP contribution is -2.64. The lowest BCUT2D eigenvalue weighted by Gasteiger charge is -2.45. The summed E-state index contributed by atoms with van der Waals surface area (Å²) in [5.74, 6) is -1.91. The Morgan fingerprint density at radius 1 is 1.21 bits per heavy atom. The van der Waals surface area contributed by atoms with E-state index in [-0.39, 0.29) is 6.42 Å². The standard InChI is InChI=1S/C8H16O6/c1-2-8(13)7(12)6(11)5(10)4(3-9)14-8/h4-7,9-13H,2-3H2,1H3/t4-,5+,6+,7-,8+/m0/s1. The minimum Gasteiger partial charge on any atom is -0.394 e. The quantitative estimate of drug-likeness (QED) is 0.345. The van der Waals surface area contributed by atoms with Gasteiger partial charge in [0.25, 0.3) is 0 Å². The van der Waals surface area contributed by atoms with E-state index in [1.165, 1.54) is 0 Å². The summed E-state index contributed by atoms with van der Waals surface area (Å²) in [5, 5.41) is 46.6. The number of aliphatic hydroxyl groups excluding tert-OH is 4. The summed E-state index contributed by atoms with van der Waals surface area (Å²) in [6, 6.07) is 0. The molecule has 0 amide bonds. The summed E-state index contributed by atoms with van der Waals surface area (Å²) < 4.78 is 4.91. The van der Waals surface area contributed by atoms with Crippen molar-refractivity contribution in [3.8, 4) is 0 Å². The second kappa shape index (κ2) is 4.09. The Morgan fingerprint density at radius 3 is 2.21 bits per heavy atom. The molecule has 1 heterocycles. The van der Waals surface area contributed by atoms with Gasteiger partial charge in [-0.15, -0.1) is 0 Å². The van der Waals surface area contributed by atoms with E-state index in [9.17, 15) is 20.4 Å². The SMILES string of the molecule is CC[C@@]1(O)O[C@@H](CO)[C@@H](O)[C@@H](O)[C@@H]1O. The van der Waals surface area contributed by atoms with Crippen molar-refractivity contribution in [2.45, 2.75) is 43.5 Å². The van der Waals surface area contributed by atoms with Crippen molar-refractivity contribution in [1.82, 2.24) is 0 Å². The predicted octanol–water partition coefficient (Wildman–Crippen LogP) is -2.44. The fourth-order valence-electron chi connectivity index (χ4n) is 1.51. The van der Waals surface area contributed by atoms with Gasteiger partial charge in [0, 0.05) is 6.42 Å². The average Bonchev–Trinajstić information content (AvgIpc) is 2.20. The van der Waals surface area contributed by atoms with E-state index in [0.29, 0.717) is 0 Å². The Bertz CT molecular complexity index is 196. The second-order valence-corrected chi connectivity index (χ2v) is 3.46. The van der Waals surface area contributed by atoms with E-state index in [2.05, 4.69) is 0 Å². The van der Waals surface area contributed by atoms with Gasteiger partial charge in [-0.1, -0.05) is 6.92 Å². The molecule has 6 heteroatoms. The predicted molar refractivity (Wildman–Crippen MR) is 45.2 cm³/mol. The van der Waals surface area contributed by atoms with Crippen LogP contribution in [0.4, 0.5) is 0 Å². The van der Waals surface area contributed by atoms with Gasteiger partial charge in [-0.25, -0.2) is 0 Å². The highest BCUT2D eigenvalue weighted by molar-refractivity contribution is 4.95. The third-order valence-electron chi connectivity index (χ3n) is 2.56. The molecule has 0 saturated carbocycles. The molecule has 1 saturated heterocycles. The highest BCUT2D eigenvalue weighted by atomic mass is 16.7. The Kier molecular flexibility index (Phi) is 3.46. The van der Waals surface area contributed by atoms with Gasteiger partial charge in [0.15, 0.2) is 5.79 Å². The van der Waals surface area contributed by atoms with E-state index >= 15 is 0 Å². The number of hydrogen-bond donors (Lipinski definition) is 5. The maximum atomic E-state index is 9.68. The Morgan fingerprint density at radius 2 is 1.79 bits per heavy atom. The summed E-state index contributed by atoms with van der Waals surface area (Å²) >= 11 is 0. The molecular weight excluding hydrogens is 192 g/mol. The minimum absolute atomic E-state index is 0.0500. The summed E-state index contributed by atoms with van der Waals surface area (Å²) in [5.41, 5.74) is 0. The topological polar surface area (TPSA) is 110 Å². The Hall–Kier alpha value is -0.240. The molecule has 6 nitrogen and oxygen atoms in total. The normalized spacial score (nSPS) is 49.3. The molecule has 14 heavy (non-hydrogen) atoms. The molecule has 1 aliphatic rings. The van der Waals surface area contributed by atoms with Gasteiger partial charge >= 0.3 is 0 Å². The minimum atomic E-state index is -1.91. The van der Waals surface area contributed by atoms with Crippen LogP contribution in [-0.2, 0) is 4.74 Å². The van der Waals surface area contributed by atoms with Gasteiger partial charge in [0.1, 0.15) is 24.4 Å². The van der Waals surface area contributed by atoms with Crippen LogP contribution in [0.15, 0.2) is 0 Å². The van der Waals surface area contributed by atoms with E-state index in [0.717, 1.165) is 0 Å². The Labute approximate surface area is 81.4 Å². The van der Waals surface area contributed by atoms with E-state index in [4.69, 9.17) is 9.84 Å². The summed E-state index contributed by atoms with van der Waals surface area (Å²) in [6.45, 7) is 1.02. The van der Waals surface area contributed by atoms with Crippen LogP contribution in [0.1, 0.15) is 13.3 Å². The van der Waals surface area contributed by atoms with Gasteiger partial charge in [-0.05, 0) is 0 Å². The zero-order valence-electron chi connectivity index (χ0n) is 7.87. The lowest BCUT2D eigenvalue weighted by molar-refractivity contribution is -0.349. The molecule has 0 spiro atoms. The van der Waals surface area contributed by atoms with Crippen molar-refractivity contribution >= 4 is 0 Å². The van der Waals surface area contributed by atoms with Crippen LogP contribution in [0.2, 0.25) is 0 Å². The molecule has 1 rings (SSSR count). The number of aliphatic hydroxyl groups is 5. The molecule has 0 aromatic carbocycles. The maximum Gasteiger partial charge on any atom is 0.194 e. The van der Waals surface area contributed by atoms with Crippen molar-refractivity contribution in [2.24, 2.45) is 0 Å². The van der Waals surface area contributed by atoms with Gasteiger partial charge in [-0.2, -0.15) is 0 Å². The van der Waals surface area contributed by atoms with Crippen molar-refractivity contribution in [1.29, 1.82) is 0 Å².